The van der Waals surface area contributed by atoms with Crippen LogP contribution in [0.3, 0.4) is 0 Å². The van der Waals surface area contributed by atoms with Crippen LogP contribution in [-0.2, 0) is 9.59 Å². The van der Waals surface area contributed by atoms with Gasteiger partial charge in [0.15, 0.2) is 5.75 Å². The molecular formula is C24H24BrN3O3. The predicted octanol–water partition coefficient (Wildman–Crippen LogP) is 5.14. The van der Waals surface area contributed by atoms with Crippen LogP contribution in [0.15, 0.2) is 83.3 Å². The van der Waals surface area contributed by atoms with Crippen LogP contribution in [0.25, 0.3) is 0 Å². The van der Waals surface area contributed by atoms with Crippen molar-refractivity contribution < 1.29 is 14.3 Å². The van der Waals surface area contributed by atoms with Crippen molar-refractivity contribution >= 4 is 39.1 Å². The Bertz CT molecular complexity index is 1030. The molecule has 0 bridgehead atoms. The van der Waals surface area contributed by atoms with Gasteiger partial charge in [0.1, 0.15) is 5.75 Å². The normalized spacial score (nSPS) is 10.5. The minimum Gasteiger partial charge on any atom is -0.455 e. The van der Waals surface area contributed by atoms with Gasteiger partial charge in [-0.05, 0) is 59.4 Å². The van der Waals surface area contributed by atoms with E-state index in [2.05, 4.69) is 26.6 Å². The minimum atomic E-state index is -0.151. The summed E-state index contributed by atoms with van der Waals surface area (Å²) in [6.45, 7) is 0.624. The summed E-state index contributed by atoms with van der Waals surface area (Å²) in [6.07, 6.45) is 0.248. The monoisotopic (exact) mass is 481 g/mol. The highest BCUT2D eigenvalue weighted by atomic mass is 79.9. The van der Waals surface area contributed by atoms with Gasteiger partial charge in [-0.2, -0.15) is 0 Å². The van der Waals surface area contributed by atoms with Crippen molar-refractivity contribution in [1.82, 2.24) is 4.90 Å². The fourth-order valence-corrected chi connectivity index (χ4v) is 3.24. The maximum absolute atomic E-state index is 12.4. The molecule has 0 unspecified atom stereocenters. The number of ether oxygens (including phenoxy) is 1. The molecule has 0 spiro atoms. The molecule has 2 N–H and O–H groups in total. The van der Waals surface area contributed by atoms with Crippen LogP contribution in [0.1, 0.15) is 6.42 Å². The van der Waals surface area contributed by atoms with Crippen molar-refractivity contribution in [1.29, 1.82) is 0 Å². The van der Waals surface area contributed by atoms with Crippen LogP contribution in [0.2, 0.25) is 0 Å². The highest BCUT2D eigenvalue weighted by Gasteiger charge is 2.12. The molecule has 0 aliphatic carbocycles. The molecule has 160 valence electrons. The first kappa shape index (κ1) is 22.5. The molecule has 0 saturated carbocycles. The van der Waals surface area contributed by atoms with Crippen molar-refractivity contribution in [3.63, 3.8) is 0 Å². The molecule has 7 heteroatoms. The van der Waals surface area contributed by atoms with Crippen LogP contribution in [-0.4, -0.2) is 36.9 Å². The van der Waals surface area contributed by atoms with Crippen LogP contribution in [0.5, 0.6) is 11.5 Å². The van der Waals surface area contributed by atoms with Crippen LogP contribution >= 0.6 is 15.9 Å². The Morgan fingerprint density at radius 2 is 1.45 bits per heavy atom. The largest absolute Gasteiger partial charge is 0.455 e. The van der Waals surface area contributed by atoms with E-state index in [1.807, 2.05) is 66.7 Å². The SMILES string of the molecule is CN(CCC(=O)Nc1ccccc1Oc1ccccc1)CC(=O)Nc1ccccc1Br. The molecule has 0 heterocycles. The summed E-state index contributed by atoms with van der Waals surface area (Å²) in [5.74, 6) is 0.974. The first-order valence-electron chi connectivity index (χ1n) is 9.86. The fraction of sp³-hybridized carbons (Fsp3) is 0.167. The molecule has 0 saturated heterocycles. The number of hydrogen-bond donors (Lipinski definition) is 2. The molecule has 0 fully saturated rings. The van der Waals surface area contributed by atoms with Crippen molar-refractivity contribution in [3.05, 3.63) is 83.3 Å². The highest BCUT2D eigenvalue weighted by Crippen LogP contribution is 2.29. The molecule has 0 aromatic heterocycles. The van der Waals surface area contributed by atoms with E-state index < -0.39 is 0 Å². The van der Waals surface area contributed by atoms with E-state index in [0.29, 0.717) is 29.4 Å². The molecular weight excluding hydrogens is 458 g/mol. The van der Waals surface area contributed by atoms with Crippen molar-refractivity contribution in [2.75, 3.05) is 30.8 Å². The Morgan fingerprint density at radius 3 is 2.19 bits per heavy atom. The number of amides is 2. The second-order valence-electron chi connectivity index (χ2n) is 6.98. The standard InChI is InChI=1S/C24H24BrN3O3/c1-28(17-24(30)26-20-12-6-5-11-19(20)25)16-15-23(29)27-21-13-7-8-14-22(21)31-18-9-3-2-4-10-18/h2-14H,15-17H2,1H3,(H,26,30)(H,27,29). The van der Waals surface area contributed by atoms with Gasteiger partial charge in [-0.15, -0.1) is 0 Å². The topological polar surface area (TPSA) is 70.7 Å². The van der Waals surface area contributed by atoms with Crippen molar-refractivity contribution in [2.45, 2.75) is 6.42 Å². The predicted molar refractivity (Wildman–Crippen MR) is 126 cm³/mol. The molecule has 0 atom stereocenters. The number of benzene rings is 3. The van der Waals surface area contributed by atoms with E-state index in [1.165, 1.54) is 0 Å². The Morgan fingerprint density at radius 1 is 0.839 bits per heavy atom. The molecule has 6 nitrogen and oxygen atoms in total. The second kappa shape index (κ2) is 11.3. The summed E-state index contributed by atoms with van der Waals surface area (Å²) in [5.41, 5.74) is 1.32. The van der Waals surface area contributed by atoms with Gasteiger partial charge in [0, 0.05) is 17.4 Å². The maximum atomic E-state index is 12.4. The van der Waals surface area contributed by atoms with Gasteiger partial charge in [0.05, 0.1) is 17.9 Å². The number of likely N-dealkylation sites (N-methyl/N-ethyl adjacent to an activating group) is 1. The summed E-state index contributed by atoms with van der Waals surface area (Å²) >= 11 is 3.41. The summed E-state index contributed by atoms with van der Waals surface area (Å²) < 4.78 is 6.69. The number of rotatable bonds is 9. The van der Waals surface area contributed by atoms with Crippen molar-refractivity contribution in [2.24, 2.45) is 0 Å². The van der Waals surface area contributed by atoms with E-state index in [9.17, 15) is 9.59 Å². The summed E-state index contributed by atoms with van der Waals surface area (Å²) in [6, 6.07) is 24.1. The highest BCUT2D eigenvalue weighted by molar-refractivity contribution is 9.10. The Balaban J connectivity index is 1.48. The fourth-order valence-electron chi connectivity index (χ4n) is 2.86. The third-order valence-corrected chi connectivity index (χ3v) is 5.11. The van der Waals surface area contributed by atoms with Gasteiger partial charge in [-0.3, -0.25) is 14.5 Å². The lowest BCUT2D eigenvalue weighted by molar-refractivity contribution is -0.119. The van der Waals surface area contributed by atoms with E-state index in [0.717, 1.165) is 4.47 Å². The smallest absolute Gasteiger partial charge is 0.238 e. The van der Waals surface area contributed by atoms with Gasteiger partial charge in [0.2, 0.25) is 11.8 Å². The number of nitrogens with zero attached hydrogens (tertiary/aromatic N) is 1. The first-order valence-corrected chi connectivity index (χ1v) is 10.7. The van der Waals surface area contributed by atoms with Crippen LogP contribution in [0, 0.1) is 0 Å². The van der Waals surface area contributed by atoms with Crippen LogP contribution < -0.4 is 15.4 Å². The molecule has 0 aliphatic rings. The Kier molecular flexibility index (Phi) is 8.20. The van der Waals surface area contributed by atoms with E-state index >= 15 is 0 Å². The lowest BCUT2D eigenvalue weighted by Gasteiger charge is -2.17. The lowest BCUT2D eigenvalue weighted by atomic mass is 10.2. The average Bonchev–Trinajstić information content (AvgIpc) is 2.76. The first-order chi connectivity index (χ1) is 15.0. The van der Waals surface area contributed by atoms with Gasteiger partial charge >= 0.3 is 0 Å². The Labute approximate surface area is 190 Å². The zero-order chi connectivity index (χ0) is 22.1. The van der Waals surface area contributed by atoms with E-state index in [1.54, 1.807) is 24.1 Å². The summed E-state index contributed by atoms with van der Waals surface area (Å²) in [4.78, 5) is 26.5. The average molecular weight is 482 g/mol. The van der Waals surface area contributed by atoms with Gasteiger partial charge in [-0.1, -0.05) is 42.5 Å². The quantitative estimate of drug-likeness (QED) is 0.443. The zero-order valence-electron chi connectivity index (χ0n) is 17.2. The van der Waals surface area contributed by atoms with Gasteiger partial charge in [-0.25, -0.2) is 0 Å². The molecule has 3 aromatic carbocycles. The third-order valence-electron chi connectivity index (χ3n) is 4.41. The second-order valence-corrected chi connectivity index (χ2v) is 7.83. The molecule has 2 amide bonds. The summed E-state index contributed by atoms with van der Waals surface area (Å²) in [7, 11) is 1.80. The molecule has 3 aromatic rings. The number of hydrogen-bond acceptors (Lipinski definition) is 4. The molecule has 0 aliphatic heterocycles. The number of halogens is 1. The van der Waals surface area contributed by atoms with Crippen LogP contribution in [0.4, 0.5) is 11.4 Å². The maximum Gasteiger partial charge on any atom is 0.238 e. The lowest BCUT2D eigenvalue weighted by Crippen LogP contribution is -2.32. The molecule has 31 heavy (non-hydrogen) atoms. The van der Waals surface area contributed by atoms with Gasteiger partial charge in [0.25, 0.3) is 0 Å². The van der Waals surface area contributed by atoms with Gasteiger partial charge < -0.3 is 15.4 Å². The Hall–Kier alpha value is -3.16. The number of anilines is 2. The van der Waals surface area contributed by atoms with Crippen molar-refractivity contribution in [3.8, 4) is 11.5 Å². The zero-order valence-corrected chi connectivity index (χ0v) is 18.8. The number of nitrogens with one attached hydrogen (secondary N) is 2. The number of carbonyl (C=O) groups excluding carboxylic acids is 2. The number of para-hydroxylation sites is 4. The summed E-state index contributed by atoms with van der Waals surface area (Å²) in [5, 5.41) is 5.74. The van der Waals surface area contributed by atoms with E-state index in [4.69, 9.17) is 4.74 Å². The van der Waals surface area contributed by atoms with E-state index in [-0.39, 0.29) is 24.8 Å². The minimum absolute atomic E-state index is 0.142. The molecule has 0 radical (unpaired) electrons. The molecule has 3 rings (SSSR count). The number of carbonyl (C=O) groups is 2. The third kappa shape index (κ3) is 7.24.